The van der Waals surface area contributed by atoms with E-state index in [-0.39, 0.29) is 37.8 Å². The minimum atomic E-state index is -1.05. The van der Waals surface area contributed by atoms with Crippen molar-refractivity contribution < 1.29 is 29.3 Å². The summed E-state index contributed by atoms with van der Waals surface area (Å²) in [6.07, 6.45) is 0.0779. The molecule has 0 aliphatic rings. The number of benzene rings is 4. The standard InChI is InChI=1S/C40H40N6O6S2/c41-43-23-37(47)35(29-53-27-33-17-9-3-10-18-33)45(39(49)51-25-31-13-5-1-6-14-31)21-22-46(40(50)52-26-32-15-7-2-8-16-32)36(38(48)24-44-42)30-54-28-34-19-11-4-12-20-34/h1-20,23-24,35-36H,21-22,25-30H2/p+2/b37-23-,38-24-/t35-,36-/m0/s1. The van der Waals surface area contributed by atoms with Crippen molar-refractivity contribution in [1.82, 2.24) is 9.80 Å². The number of ether oxygens (including phenoxy) is 2. The van der Waals surface area contributed by atoms with Crippen LogP contribution in [0.4, 0.5) is 9.59 Å². The molecule has 0 spiro atoms. The molecule has 0 unspecified atom stereocenters. The lowest BCUT2D eigenvalue weighted by Gasteiger charge is -2.34. The minimum Gasteiger partial charge on any atom is -0.504 e. The molecule has 54 heavy (non-hydrogen) atoms. The number of hydrogen-bond acceptors (Lipinski definition) is 10. The van der Waals surface area contributed by atoms with Gasteiger partial charge in [0.1, 0.15) is 25.3 Å². The number of hydrogen-bond donors (Lipinski definition) is 2. The molecule has 0 aliphatic carbocycles. The fraction of sp³-hybridized carbons (Fsp3) is 0.250. The molecule has 2 N–H and O–H groups in total. The molecule has 2 atom stereocenters. The summed E-state index contributed by atoms with van der Waals surface area (Å²) in [6, 6.07) is 35.3. The number of carbonyl (C=O) groups excluding carboxylic acids is 2. The maximum atomic E-state index is 13.9. The number of aliphatic hydroxyl groups is 2. The monoisotopic (exact) mass is 766 g/mol. The van der Waals surface area contributed by atoms with Crippen LogP contribution in [0.25, 0.3) is 9.95 Å². The molecule has 0 aromatic heterocycles. The number of thioether (sulfide) groups is 2. The van der Waals surface area contributed by atoms with Crippen LogP contribution in [0.1, 0.15) is 22.3 Å². The maximum Gasteiger partial charge on any atom is 0.410 e. The fourth-order valence-electron chi connectivity index (χ4n) is 5.25. The zero-order valence-electron chi connectivity index (χ0n) is 29.5. The fourth-order valence-corrected chi connectivity index (χ4v) is 7.49. The van der Waals surface area contributed by atoms with Gasteiger partial charge in [-0.3, -0.25) is 9.80 Å². The highest BCUT2D eigenvalue weighted by Gasteiger charge is 2.35. The molecular weight excluding hydrogens is 725 g/mol. The van der Waals surface area contributed by atoms with Gasteiger partial charge in [-0.15, -0.1) is 0 Å². The molecule has 12 nitrogen and oxygen atoms in total. The quantitative estimate of drug-likeness (QED) is 0.0696. The van der Waals surface area contributed by atoms with Gasteiger partial charge in [0.15, 0.2) is 9.95 Å². The van der Waals surface area contributed by atoms with E-state index < -0.39 is 35.8 Å². The molecule has 0 heterocycles. The Morgan fingerprint density at radius 2 is 0.889 bits per heavy atom. The molecule has 2 amide bonds. The molecule has 4 aromatic rings. The number of rotatable bonds is 19. The molecular formula is C40H42N6O6S2+2. The molecule has 4 aromatic carbocycles. The Bertz CT molecular complexity index is 1750. The van der Waals surface area contributed by atoms with Gasteiger partial charge in [-0.2, -0.15) is 23.5 Å². The first-order valence-corrected chi connectivity index (χ1v) is 19.3. The van der Waals surface area contributed by atoms with E-state index in [2.05, 4.69) is 9.95 Å². The summed E-state index contributed by atoms with van der Waals surface area (Å²) in [6.45, 7) is -0.565. The lowest BCUT2D eigenvalue weighted by molar-refractivity contribution is 0.0608. The van der Waals surface area contributed by atoms with E-state index in [9.17, 15) is 30.6 Å². The van der Waals surface area contributed by atoms with E-state index in [1.165, 1.54) is 33.3 Å². The third kappa shape index (κ3) is 13.5. The summed E-state index contributed by atoms with van der Waals surface area (Å²) in [5, 5.41) is 41.0. The summed E-state index contributed by atoms with van der Waals surface area (Å²) < 4.78 is 11.4. The lowest BCUT2D eigenvalue weighted by atomic mass is 10.2. The van der Waals surface area contributed by atoms with Gasteiger partial charge in [0, 0.05) is 36.1 Å². The van der Waals surface area contributed by atoms with Crippen molar-refractivity contribution in [2.75, 3.05) is 24.6 Å². The van der Waals surface area contributed by atoms with Crippen molar-refractivity contribution in [2.24, 2.45) is 0 Å². The van der Waals surface area contributed by atoms with Crippen LogP contribution in [0.15, 0.2) is 145 Å². The van der Waals surface area contributed by atoms with Crippen LogP contribution < -0.4 is 0 Å². The first-order chi connectivity index (χ1) is 26.4. The van der Waals surface area contributed by atoms with Crippen LogP contribution in [-0.4, -0.2) is 68.9 Å². The molecule has 14 heteroatoms. The lowest BCUT2D eigenvalue weighted by Crippen LogP contribution is -2.51. The van der Waals surface area contributed by atoms with E-state index >= 15 is 0 Å². The van der Waals surface area contributed by atoms with Crippen molar-refractivity contribution >= 4 is 35.7 Å². The van der Waals surface area contributed by atoms with E-state index in [1.54, 1.807) is 24.3 Å². The third-order valence-corrected chi connectivity index (χ3v) is 10.2. The van der Waals surface area contributed by atoms with Gasteiger partial charge < -0.3 is 19.7 Å². The zero-order valence-corrected chi connectivity index (χ0v) is 31.2. The number of diazo groups is 2. The molecule has 0 radical (unpaired) electrons. The highest BCUT2D eigenvalue weighted by atomic mass is 32.2. The van der Waals surface area contributed by atoms with Crippen LogP contribution in [0.5, 0.6) is 0 Å². The summed E-state index contributed by atoms with van der Waals surface area (Å²) in [5.74, 6) is 0.605. The second-order valence-corrected chi connectivity index (χ2v) is 13.9. The van der Waals surface area contributed by atoms with E-state index in [0.29, 0.717) is 11.5 Å². The van der Waals surface area contributed by atoms with E-state index in [0.717, 1.165) is 34.7 Å². The van der Waals surface area contributed by atoms with Crippen molar-refractivity contribution in [3.8, 4) is 0 Å². The van der Waals surface area contributed by atoms with Crippen molar-refractivity contribution in [3.63, 3.8) is 0 Å². The maximum absolute atomic E-state index is 13.9. The average molecular weight is 767 g/mol. The molecule has 4 rings (SSSR count). The first-order valence-electron chi connectivity index (χ1n) is 17.0. The number of amides is 2. The van der Waals surface area contributed by atoms with Crippen LogP contribution >= 0.6 is 23.5 Å². The van der Waals surface area contributed by atoms with Crippen molar-refractivity contribution in [1.29, 1.82) is 10.8 Å². The predicted octanol–water partition coefficient (Wildman–Crippen LogP) is 9.37. The smallest absolute Gasteiger partial charge is 0.410 e. The third-order valence-electron chi connectivity index (χ3n) is 8.05. The Balaban J connectivity index is 1.65. The van der Waals surface area contributed by atoms with E-state index in [4.69, 9.17) is 9.47 Å². The van der Waals surface area contributed by atoms with Gasteiger partial charge in [0.2, 0.25) is 22.3 Å². The second-order valence-electron chi connectivity index (χ2n) is 11.8. The summed E-state index contributed by atoms with van der Waals surface area (Å²) in [7, 11) is 0. The Hall–Kier alpha value is -5.96. The zero-order chi connectivity index (χ0) is 38.4. The Labute approximate surface area is 323 Å². The topological polar surface area (TPSA) is 156 Å². The Kier molecular flexibility index (Phi) is 17.3. The van der Waals surface area contributed by atoms with Crippen LogP contribution in [0.2, 0.25) is 0 Å². The number of carbonyl (C=O) groups is 2. The highest BCUT2D eigenvalue weighted by molar-refractivity contribution is 7.98. The van der Waals surface area contributed by atoms with Gasteiger partial charge in [-0.05, 0) is 22.3 Å². The van der Waals surface area contributed by atoms with Crippen molar-refractivity contribution in [2.45, 2.75) is 36.8 Å². The van der Waals surface area contributed by atoms with Gasteiger partial charge in [0.25, 0.3) is 0 Å². The normalized spacial score (nSPS) is 12.4. The van der Waals surface area contributed by atoms with Gasteiger partial charge in [0.05, 0.1) is 0 Å². The SMILES string of the molecule is N#[N+]/C=C(\O)[C@H](CSCc1ccccc1)N(CCN(C(=O)OCc1ccccc1)[C@@H](CSCc1ccccc1)/C(O)=C/[N+]#N)C(=O)OCc1ccccc1. The van der Waals surface area contributed by atoms with Crippen LogP contribution in [0, 0.1) is 10.8 Å². The highest BCUT2D eigenvalue weighted by Crippen LogP contribution is 2.24. The molecule has 278 valence electrons. The van der Waals surface area contributed by atoms with Crippen molar-refractivity contribution in [3.05, 3.63) is 177 Å². The van der Waals surface area contributed by atoms with Crippen LogP contribution in [0.3, 0.4) is 0 Å². The van der Waals surface area contributed by atoms with Gasteiger partial charge >= 0.3 is 24.6 Å². The number of aliphatic hydroxyl groups excluding tert-OH is 2. The van der Waals surface area contributed by atoms with Crippen LogP contribution in [-0.2, 0) is 34.2 Å². The largest absolute Gasteiger partial charge is 0.504 e. The molecule has 0 fully saturated rings. The summed E-state index contributed by atoms with van der Waals surface area (Å²) >= 11 is 2.86. The van der Waals surface area contributed by atoms with Gasteiger partial charge in [-0.1, -0.05) is 121 Å². The first kappa shape index (κ1) is 40.8. The Morgan fingerprint density at radius 1 is 0.574 bits per heavy atom. The molecule has 0 aliphatic heterocycles. The second kappa shape index (κ2) is 22.9. The summed E-state index contributed by atoms with van der Waals surface area (Å²) in [4.78, 5) is 36.4. The van der Waals surface area contributed by atoms with E-state index in [1.807, 2.05) is 97.1 Å². The number of nitrogens with zero attached hydrogens (tertiary/aromatic N) is 6. The Morgan fingerprint density at radius 3 is 1.20 bits per heavy atom. The average Bonchev–Trinajstić information content (AvgIpc) is 3.20. The summed E-state index contributed by atoms with van der Waals surface area (Å²) in [5.41, 5.74) is 3.51. The molecule has 0 saturated heterocycles. The minimum absolute atomic E-state index is 0.0714. The molecule has 0 bridgehead atoms. The molecule has 0 saturated carbocycles. The van der Waals surface area contributed by atoms with Gasteiger partial charge in [-0.25, -0.2) is 9.59 Å². The predicted molar refractivity (Wildman–Crippen MR) is 211 cm³/mol.